The Labute approximate surface area is 98.5 Å². The number of nitrogens with zero attached hydrogens (tertiary/aromatic N) is 4. The number of hydrogen-bond donors (Lipinski definition) is 0. The van der Waals surface area contributed by atoms with Crippen molar-refractivity contribution in [1.82, 2.24) is 15.0 Å². The molecule has 0 aliphatic carbocycles. The van der Waals surface area contributed by atoms with Crippen molar-refractivity contribution in [2.45, 2.75) is 12.8 Å². The van der Waals surface area contributed by atoms with Crippen molar-refractivity contribution in [2.24, 2.45) is 0 Å². The van der Waals surface area contributed by atoms with Gasteiger partial charge in [0.1, 0.15) is 17.1 Å². The fourth-order valence-corrected chi connectivity index (χ4v) is 2.01. The summed E-state index contributed by atoms with van der Waals surface area (Å²) in [7, 11) is 0. The molecule has 2 aromatic heterocycles. The van der Waals surface area contributed by atoms with Crippen LogP contribution in [-0.2, 0) is 4.79 Å². The standard InChI is InChI=1S/C12H12N4O/c17-9-3-7-16(8-4-9)11-2-1-10-12(15-11)14-6-5-13-10/h1-2,5-6H,3-4,7-8H2. The van der Waals surface area contributed by atoms with E-state index in [0.717, 1.165) is 24.4 Å². The molecule has 0 amide bonds. The number of hydrogen-bond acceptors (Lipinski definition) is 5. The summed E-state index contributed by atoms with van der Waals surface area (Å²) >= 11 is 0. The minimum atomic E-state index is 0.335. The van der Waals surface area contributed by atoms with Crippen molar-refractivity contribution in [3.8, 4) is 0 Å². The maximum Gasteiger partial charge on any atom is 0.180 e. The molecule has 0 spiro atoms. The van der Waals surface area contributed by atoms with E-state index in [4.69, 9.17) is 0 Å². The largest absolute Gasteiger partial charge is 0.356 e. The molecule has 3 rings (SSSR count). The molecule has 86 valence electrons. The normalized spacial score (nSPS) is 16.5. The van der Waals surface area contributed by atoms with Gasteiger partial charge in [0, 0.05) is 38.3 Å². The number of carbonyl (C=O) groups is 1. The summed E-state index contributed by atoms with van der Waals surface area (Å²) in [5.74, 6) is 1.22. The van der Waals surface area contributed by atoms with Crippen molar-refractivity contribution in [3.63, 3.8) is 0 Å². The second kappa shape index (κ2) is 4.08. The zero-order valence-corrected chi connectivity index (χ0v) is 9.33. The van der Waals surface area contributed by atoms with E-state index in [1.165, 1.54) is 0 Å². The molecular formula is C12H12N4O. The number of fused-ring (bicyclic) bond motifs is 1. The number of aromatic nitrogens is 3. The van der Waals surface area contributed by atoms with Crippen LogP contribution < -0.4 is 4.90 Å². The van der Waals surface area contributed by atoms with Gasteiger partial charge in [-0.1, -0.05) is 0 Å². The molecule has 3 heterocycles. The second-order valence-electron chi connectivity index (χ2n) is 4.09. The third-order valence-electron chi connectivity index (χ3n) is 2.96. The molecule has 17 heavy (non-hydrogen) atoms. The maximum absolute atomic E-state index is 11.2. The first-order valence-electron chi connectivity index (χ1n) is 5.67. The molecule has 5 heteroatoms. The van der Waals surface area contributed by atoms with E-state index in [1.54, 1.807) is 12.4 Å². The third kappa shape index (κ3) is 1.95. The molecule has 1 fully saturated rings. The van der Waals surface area contributed by atoms with Crippen molar-refractivity contribution >= 4 is 22.8 Å². The van der Waals surface area contributed by atoms with Gasteiger partial charge in [-0.05, 0) is 12.1 Å². The smallest absolute Gasteiger partial charge is 0.180 e. The van der Waals surface area contributed by atoms with Gasteiger partial charge < -0.3 is 4.90 Å². The molecule has 0 radical (unpaired) electrons. The lowest BCUT2D eigenvalue weighted by Gasteiger charge is -2.26. The van der Waals surface area contributed by atoms with Crippen LogP contribution in [0.4, 0.5) is 5.82 Å². The summed E-state index contributed by atoms with van der Waals surface area (Å²) in [6.07, 6.45) is 4.52. The molecule has 0 N–H and O–H groups in total. The number of Topliss-reactive ketones (excluding diaryl/α,β-unsaturated/α-hetero) is 1. The van der Waals surface area contributed by atoms with E-state index in [-0.39, 0.29) is 0 Å². The Morgan fingerprint density at radius 2 is 1.82 bits per heavy atom. The van der Waals surface area contributed by atoms with Crippen molar-refractivity contribution in [1.29, 1.82) is 0 Å². The highest BCUT2D eigenvalue weighted by Gasteiger charge is 2.17. The van der Waals surface area contributed by atoms with Crippen molar-refractivity contribution in [2.75, 3.05) is 18.0 Å². The lowest BCUT2D eigenvalue weighted by Crippen LogP contribution is -2.34. The minimum absolute atomic E-state index is 0.335. The zero-order chi connectivity index (χ0) is 11.7. The van der Waals surface area contributed by atoms with Crippen molar-refractivity contribution in [3.05, 3.63) is 24.5 Å². The van der Waals surface area contributed by atoms with Gasteiger partial charge in [-0.25, -0.2) is 9.97 Å². The highest BCUT2D eigenvalue weighted by Crippen LogP contribution is 2.18. The van der Waals surface area contributed by atoms with E-state index in [9.17, 15) is 4.79 Å². The number of rotatable bonds is 1. The van der Waals surface area contributed by atoms with Crippen LogP contribution in [0.5, 0.6) is 0 Å². The fraction of sp³-hybridized carbons (Fsp3) is 0.333. The SMILES string of the molecule is O=C1CCN(c2ccc3nccnc3n2)CC1. The molecule has 1 aliphatic rings. The van der Waals surface area contributed by atoms with Gasteiger partial charge in [-0.15, -0.1) is 0 Å². The van der Waals surface area contributed by atoms with Gasteiger partial charge in [0.15, 0.2) is 5.65 Å². The number of ketones is 1. The minimum Gasteiger partial charge on any atom is -0.356 e. The molecule has 0 bridgehead atoms. The first-order chi connectivity index (χ1) is 8.33. The summed E-state index contributed by atoms with van der Waals surface area (Å²) in [5.41, 5.74) is 1.45. The van der Waals surface area contributed by atoms with Gasteiger partial charge in [-0.2, -0.15) is 0 Å². The molecule has 0 saturated carbocycles. The first kappa shape index (κ1) is 10.1. The van der Waals surface area contributed by atoms with Crippen LogP contribution >= 0.6 is 0 Å². The van der Waals surface area contributed by atoms with Crippen LogP contribution in [0, 0.1) is 0 Å². The fourth-order valence-electron chi connectivity index (χ4n) is 2.01. The molecule has 2 aromatic rings. The lowest BCUT2D eigenvalue weighted by atomic mass is 10.1. The third-order valence-corrected chi connectivity index (χ3v) is 2.96. The quantitative estimate of drug-likeness (QED) is 0.733. The number of carbonyl (C=O) groups excluding carboxylic acids is 1. The van der Waals surface area contributed by atoms with E-state index < -0.39 is 0 Å². The summed E-state index contributed by atoms with van der Waals surface area (Å²) in [6.45, 7) is 1.50. The van der Waals surface area contributed by atoms with Gasteiger partial charge >= 0.3 is 0 Å². The molecule has 0 aromatic carbocycles. The van der Waals surface area contributed by atoms with Gasteiger partial charge in [0.25, 0.3) is 0 Å². The summed E-state index contributed by atoms with van der Waals surface area (Å²) in [4.78, 5) is 26.1. The number of piperidine rings is 1. The monoisotopic (exact) mass is 228 g/mol. The Morgan fingerprint density at radius 3 is 2.65 bits per heavy atom. The summed E-state index contributed by atoms with van der Waals surface area (Å²) < 4.78 is 0. The van der Waals surface area contributed by atoms with Crippen LogP contribution in [0.2, 0.25) is 0 Å². The van der Waals surface area contributed by atoms with Crippen molar-refractivity contribution < 1.29 is 4.79 Å². The molecular weight excluding hydrogens is 216 g/mol. The summed E-state index contributed by atoms with van der Waals surface area (Å²) in [5, 5.41) is 0. The molecule has 5 nitrogen and oxygen atoms in total. The van der Waals surface area contributed by atoms with Gasteiger partial charge in [0.05, 0.1) is 0 Å². The Morgan fingerprint density at radius 1 is 1.06 bits per heavy atom. The number of anilines is 1. The van der Waals surface area contributed by atoms with Crippen LogP contribution in [0.3, 0.4) is 0 Å². The van der Waals surface area contributed by atoms with E-state index in [1.807, 2.05) is 12.1 Å². The highest BCUT2D eigenvalue weighted by molar-refractivity contribution is 5.81. The predicted molar refractivity (Wildman–Crippen MR) is 63.8 cm³/mol. The maximum atomic E-state index is 11.2. The van der Waals surface area contributed by atoms with Crippen LogP contribution in [0.1, 0.15) is 12.8 Å². The first-order valence-corrected chi connectivity index (χ1v) is 5.67. The van der Waals surface area contributed by atoms with Crippen LogP contribution in [-0.4, -0.2) is 33.8 Å². The molecule has 1 aliphatic heterocycles. The second-order valence-corrected chi connectivity index (χ2v) is 4.09. The zero-order valence-electron chi connectivity index (χ0n) is 9.33. The van der Waals surface area contributed by atoms with Gasteiger partial charge in [-0.3, -0.25) is 9.78 Å². The van der Waals surface area contributed by atoms with Crippen LogP contribution in [0.15, 0.2) is 24.5 Å². The van der Waals surface area contributed by atoms with E-state index in [2.05, 4.69) is 19.9 Å². The van der Waals surface area contributed by atoms with Crippen LogP contribution in [0.25, 0.3) is 11.2 Å². The predicted octanol–water partition coefficient (Wildman–Crippen LogP) is 1.19. The Hall–Kier alpha value is -2.04. The average Bonchev–Trinajstić information content (AvgIpc) is 2.39. The Balaban J connectivity index is 1.92. The summed E-state index contributed by atoms with van der Waals surface area (Å²) in [6, 6.07) is 3.86. The number of pyridine rings is 1. The average molecular weight is 228 g/mol. The molecule has 1 saturated heterocycles. The highest BCUT2D eigenvalue weighted by atomic mass is 16.1. The lowest BCUT2D eigenvalue weighted by molar-refractivity contribution is -0.119. The Kier molecular flexibility index (Phi) is 2.44. The van der Waals surface area contributed by atoms with E-state index in [0.29, 0.717) is 24.3 Å². The Bertz CT molecular complexity index is 559. The van der Waals surface area contributed by atoms with E-state index >= 15 is 0 Å². The molecule has 0 atom stereocenters. The molecule has 0 unspecified atom stereocenters. The van der Waals surface area contributed by atoms with Gasteiger partial charge in [0.2, 0.25) is 0 Å². The topological polar surface area (TPSA) is 59.0 Å².